The third-order valence-corrected chi connectivity index (χ3v) is 3.62. The zero-order chi connectivity index (χ0) is 11.3. The zero-order valence-electron chi connectivity index (χ0n) is 9.83. The van der Waals surface area contributed by atoms with E-state index in [0.29, 0.717) is 18.4 Å². The normalized spacial score (nSPS) is 30.5. The van der Waals surface area contributed by atoms with Crippen molar-refractivity contribution in [3.63, 3.8) is 0 Å². The Balaban J connectivity index is 2.20. The first-order chi connectivity index (χ1) is 7.15. The standard InChI is InChI=1S/C12H23NO2/c1-9-6-7-11(10(9)2)13-12(15)5-3-4-8-14/h9-11,14H,3-8H2,1-2H3,(H,13,15). The van der Waals surface area contributed by atoms with Gasteiger partial charge >= 0.3 is 0 Å². The predicted molar refractivity (Wildman–Crippen MR) is 60.4 cm³/mol. The fourth-order valence-electron chi connectivity index (χ4n) is 2.24. The van der Waals surface area contributed by atoms with Gasteiger partial charge in [0.1, 0.15) is 0 Å². The Morgan fingerprint density at radius 3 is 2.60 bits per heavy atom. The van der Waals surface area contributed by atoms with E-state index in [1.165, 1.54) is 6.42 Å². The average molecular weight is 213 g/mol. The van der Waals surface area contributed by atoms with Crippen LogP contribution in [0.25, 0.3) is 0 Å². The molecular formula is C12H23NO2. The van der Waals surface area contributed by atoms with Gasteiger partial charge in [-0.2, -0.15) is 0 Å². The van der Waals surface area contributed by atoms with Crippen LogP contribution in [0, 0.1) is 11.8 Å². The van der Waals surface area contributed by atoms with Crippen LogP contribution in [-0.4, -0.2) is 23.7 Å². The van der Waals surface area contributed by atoms with E-state index in [0.717, 1.165) is 25.2 Å². The van der Waals surface area contributed by atoms with Crippen molar-refractivity contribution >= 4 is 5.91 Å². The first kappa shape index (κ1) is 12.5. The van der Waals surface area contributed by atoms with E-state index in [4.69, 9.17) is 5.11 Å². The highest BCUT2D eigenvalue weighted by Crippen LogP contribution is 2.31. The minimum atomic E-state index is 0.148. The molecule has 0 aromatic heterocycles. The zero-order valence-corrected chi connectivity index (χ0v) is 9.83. The second-order valence-electron chi connectivity index (χ2n) is 4.77. The molecule has 0 heterocycles. The first-order valence-electron chi connectivity index (χ1n) is 6.05. The van der Waals surface area contributed by atoms with Crippen molar-refractivity contribution in [2.24, 2.45) is 11.8 Å². The molecule has 0 aromatic carbocycles. The lowest BCUT2D eigenvalue weighted by Crippen LogP contribution is -2.37. The number of hydrogen-bond donors (Lipinski definition) is 2. The van der Waals surface area contributed by atoms with Gasteiger partial charge in [-0.15, -0.1) is 0 Å². The van der Waals surface area contributed by atoms with Crippen molar-refractivity contribution in [3.05, 3.63) is 0 Å². The summed E-state index contributed by atoms with van der Waals surface area (Å²) in [5.41, 5.74) is 0. The van der Waals surface area contributed by atoms with Crippen molar-refractivity contribution < 1.29 is 9.90 Å². The Morgan fingerprint density at radius 2 is 2.07 bits per heavy atom. The summed E-state index contributed by atoms with van der Waals surface area (Å²) in [6.07, 6.45) is 4.41. The maximum Gasteiger partial charge on any atom is 0.220 e. The number of carbonyl (C=O) groups is 1. The first-order valence-corrected chi connectivity index (χ1v) is 6.05. The molecule has 3 atom stereocenters. The summed E-state index contributed by atoms with van der Waals surface area (Å²) < 4.78 is 0. The van der Waals surface area contributed by atoms with Crippen molar-refractivity contribution in [2.45, 2.75) is 52.0 Å². The summed E-state index contributed by atoms with van der Waals surface area (Å²) in [6, 6.07) is 0.377. The van der Waals surface area contributed by atoms with Crippen LogP contribution in [0.15, 0.2) is 0 Å². The number of carbonyl (C=O) groups excluding carboxylic acids is 1. The Morgan fingerprint density at radius 1 is 1.33 bits per heavy atom. The summed E-state index contributed by atoms with van der Waals surface area (Å²) in [5.74, 6) is 1.48. The molecule has 88 valence electrons. The molecule has 3 unspecified atom stereocenters. The number of nitrogens with one attached hydrogen (secondary N) is 1. The lowest BCUT2D eigenvalue weighted by molar-refractivity contribution is -0.122. The van der Waals surface area contributed by atoms with E-state index in [-0.39, 0.29) is 12.5 Å². The maximum atomic E-state index is 11.5. The molecule has 0 radical (unpaired) electrons. The Bertz CT molecular complexity index is 206. The van der Waals surface area contributed by atoms with E-state index < -0.39 is 0 Å². The van der Waals surface area contributed by atoms with Gasteiger partial charge in [0.2, 0.25) is 5.91 Å². The van der Waals surface area contributed by atoms with Gasteiger partial charge in [-0.1, -0.05) is 13.8 Å². The highest BCUT2D eigenvalue weighted by atomic mass is 16.2. The molecule has 3 nitrogen and oxygen atoms in total. The van der Waals surface area contributed by atoms with Crippen LogP contribution in [0.4, 0.5) is 0 Å². The number of hydrogen-bond acceptors (Lipinski definition) is 2. The highest BCUT2D eigenvalue weighted by molar-refractivity contribution is 5.76. The number of aliphatic hydroxyl groups is 1. The molecule has 1 saturated carbocycles. The van der Waals surface area contributed by atoms with Gasteiger partial charge in [0.25, 0.3) is 0 Å². The van der Waals surface area contributed by atoms with E-state index in [1.54, 1.807) is 0 Å². The highest BCUT2D eigenvalue weighted by Gasteiger charge is 2.30. The minimum Gasteiger partial charge on any atom is -0.396 e. The third kappa shape index (κ3) is 3.82. The largest absolute Gasteiger partial charge is 0.396 e. The summed E-state index contributed by atoms with van der Waals surface area (Å²) in [7, 11) is 0. The van der Waals surface area contributed by atoms with Gasteiger partial charge in [0.15, 0.2) is 0 Å². The molecule has 3 heteroatoms. The predicted octanol–water partition coefficient (Wildman–Crippen LogP) is 1.70. The monoisotopic (exact) mass is 213 g/mol. The van der Waals surface area contributed by atoms with Crippen LogP contribution < -0.4 is 5.32 Å². The van der Waals surface area contributed by atoms with Gasteiger partial charge in [-0.25, -0.2) is 0 Å². The second kappa shape index (κ2) is 6.11. The van der Waals surface area contributed by atoms with Gasteiger partial charge < -0.3 is 10.4 Å². The minimum absolute atomic E-state index is 0.148. The lowest BCUT2D eigenvalue weighted by Gasteiger charge is -2.19. The SMILES string of the molecule is CC1CCC(NC(=O)CCCCO)C1C. The van der Waals surface area contributed by atoms with Crippen molar-refractivity contribution in [1.29, 1.82) is 0 Å². The number of rotatable bonds is 5. The molecule has 0 saturated heterocycles. The van der Waals surface area contributed by atoms with Crippen molar-refractivity contribution in [1.82, 2.24) is 5.32 Å². The fraction of sp³-hybridized carbons (Fsp3) is 0.917. The number of unbranched alkanes of at least 4 members (excludes halogenated alkanes) is 1. The van der Waals surface area contributed by atoms with Crippen molar-refractivity contribution in [2.75, 3.05) is 6.61 Å². The van der Waals surface area contributed by atoms with E-state index in [2.05, 4.69) is 19.2 Å². The Hall–Kier alpha value is -0.570. The van der Waals surface area contributed by atoms with E-state index >= 15 is 0 Å². The number of aliphatic hydroxyl groups excluding tert-OH is 1. The molecule has 15 heavy (non-hydrogen) atoms. The van der Waals surface area contributed by atoms with Crippen LogP contribution in [-0.2, 0) is 4.79 Å². The molecule has 2 N–H and O–H groups in total. The smallest absolute Gasteiger partial charge is 0.220 e. The van der Waals surface area contributed by atoms with Gasteiger partial charge in [0.05, 0.1) is 0 Å². The molecular weight excluding hydrogens is 190 g/mol. The second-order valence-corrected chi connectivity index (χ2v) is 4.77. The topological polar surface area (TPSA) is 49.3 Å². The molecule has 1 rings (SSSR count). The molecule has 1 amide bonds. The van der Waals surface area contributed by atoms with Gasteiger partial charge in [-0.3, -0.25) is 4.79 Å². The van der Waals surface area contributed by atoms with Crippen molar-refractivity contribution in [3.8, 4) is 0 Å². The van der Waals surface area contributed by atoms with Gasteiger partial charge in [0, 0.05) is 19.1 Å². The van der Waals surface area contributed by atoms with Gasteiger partial charge in [-0.05, 0) is 37.5 Å². The molecule has 0 aliphatic heterocycles. The summed E-state index contributed by atoms with van der Waals surface area (Å²) in [4.78, 5) is 11.5. The third-order valence-electron chi connectivity index (χ3n) is 3.62. The summed E-state index contributed by atoms with van der Waals surface area (Å²) >= 11 is 0. The van der Waals surface area contributed by atoms with Crippen LogP contribution in [0.1, 0.15) is 46.0 Å². The Kier molecular flexibility index (Phi) is 5.09. The molecule has 1 aliphatic rings. The molecule has 0 spiro atoms. The quantitative estimate of drug-likeness (QED) is 0.683. The number of amides is 1. The summed E-state index contributed by atoms with van der Waals surface area (Å²) in [5, 5.41) is 11.7. The van der Waals surface area contributed by atoms with Crippen LogP contribution in [0.3, 0.4) is 0 Å². The maximum absolute atomic E-state index is 11.5. The average Bonchev–Trinajstić information content (AvgIpc) is 2.50. The molecule has 0 bridgehead atoms. The molecule has 1 fully saturated rings. The lowest BCUT2D eigenvalue weighted by atomic mass is 9.98. The van der Waals surface area contributed by atoms with Crippen LogP contribution in [0.5, 0.6) is 0 Å². The molecule has 0 aromatic rings. The van der Waals surface area contributed by atoms with E-state index in [9.17, 15) is 4.79 Å². The summed E-state index contributed by atoms with van der Waals surface area (Å²) in [6.45, 7) is 4.66. The van der Waals surface area contributed by atoms with Crippen LogP contribution >= 0.6 is 0 Å². The van der Waals surface area contributed by atoms with E-state index in [1.807, 2.05) is 0 Å². The Labute approximate surface area is 92.3 Å². The molecule has 1 aliphatic carbocycles. The fourth-order valence-corrected chi connectivity index (χ4v) is 2.24. The van der Waals surface area contributed by atoms with Crippen LogP contribution in [0.2, 0.25) is 0 Å².